The zero-order valence-corrected chi connectivity index (χ0v) is 10.6. The number of hydrogen-bond donors (Lipinski definition) is 1. The lowest BCUT2D eigenvalue weighted by Crippen LogP contribution is -2.08. The maximum atomic E-state index is 10.5. The van der Waals surface area contributed by atoms with Crippen LogP contribution in [-0.2, 0) is 11.3 Å². The third kappa shape index (κ3) is 2.60. The maximum Gasteiger partial charge on any atom is 0.305 e. The van der Waals surface area contributed by atoms with Crippen LogP contribution in [0.2, 0.25) is 10.0 Å². The minimum Gasteiger partial charge on any atom is -0.481 e. The molecular weight excluding hydrogens is 279 g/mol. The zero-order chi connectivity index (χ0) is 13.1. The van der Waals surface area contributed by atoms with E-state index in [2.05, 4.69) is 15.5 Å². The fourth-order valence-electron chi connectivity index (χ4n) is 1.45. The summed E-state index contributed by atoms with van der Waals surface area (Å²) in [6.45, 7) is 0.152. The molecule has 0 amide bonds. The average molecular weight is 287 g/mol. The topological polar surface area (TPSA) is 80.9 Å². The summed E-state index contributed by atoms with van der Waals surface area (Å²) in [6.07, 6.45) is -0.0832. The monoisotopic (exact) mass is 286 g/mol. The molecule has 0 spiro atoms. The molecule has 0 unspecified atom stereocenters. The van der Waals surface area contributed by atoms with Crippen LogP contribution in [0, 0.1) is 0 Å². The molecule has 6 nitrogen and oxygen atoms in total. The van der Waals surface area contributed by atoms with Gasteiger partial charge in [-0.05, 0) is 22.6 Å². The molecule has 2 aromatic rings. The summed E-state index contributed by atoms with van der Waals surface area (Å²) in [5, 5.41) is 20.5. The lowest BCUT2D eigenvalue weighted by molar-refractivity contribution is -0.137. The number of tetrazole rings is 1. The largest absolute Gasteiger partial charge is 0.481 e. The van der Waals surface area contributed by atoms with Crippen molar-refractivity contribution in [2.45, 2.75) is 13.0 Å². The number of carboxylic acid groups (broad SMARTS) is 1. The van der Waals surface area contributed by atoms with E-state index in [9.17, 15) is 4.79 Å². The summed E-state index contributed by atoms with van der Waals surface area (Å²) in [5.41, 5.74) is 0.497. The smallest absolute Gasteiger partial charge is 0.305 e. The number of hydrogen-bond acceptors (Lipinski definition) is 4. The van der Waals surface area contributed by atoms with Crippen LogP contribution < -0.4 is 0 Å². The molecule has 0 radical (unpaired) electrons. The third-order valence-electron chi connectivity index (χ3n) is 2.26. The van der Waals surface area contributed by atoms with E-state index in [0.29, 0.717) is 21.4 Å². The molecule has 0 aliphatic heterocycles. The lowest BCUT2D eigenvalue weighted by atomic mass is 10.2. The van der Waals surface area contributed by atoms with Gasteiger partial charge in [0.15, 0.2) is 5.82 Å². The second kappa shape index (κ2) is 5.32. The van der Waals surface area contributed by atoms with Crippen LogP contribution in [0.5, 0.6) is 0 Å². The van der Waals surface area contributed by atoms with Crippen molar-refractivity contribution >= 4 is 29.2 Å². The summed E-state index contributed by atoms with van der Waals surface area (Å²) in [4.78, 5) is 10.5. The van der Waals surface area contributed by atoms with Gasteiger partial charge in [0.25, 0.3) is 0 Å². The number of carbonyl (C=O) groups is 1. The molecule has 0 atom stereocenters. The van der Waals surface area contributed by atoms with Gasteiger partial charge in [-0.1, -0.05) is 29.3 Å². The number of nitrogens with zero attached hydrogens (tertiary/aromatic N) is 4. The Morgan fingerprint density at radius 3 is 2.61 bits per heavy atom. The van der Waals surface area contributed by atoms with E-state index in [4.69, 9.17) is 28.3 Å². The van der Waals surface area contributed by atoms with E-state index in [0.717, 1.165) is 0 Å². The van der Waals surface area contributed by atoms with Gasteiger partial charge in [0.05, 0.1) is 28.6 Å². The minimum atomic E-state index is -0.929. The molecule has 0 aliphatic rings. The van der Waals surface area contributed by atoms with Crippen molar-refractivity contribution in [3.8, 4) is 11.4 Å². The summed E-state index contributed by atoms with van der Waals surface area (Å²) < 4.78 is 1.36. The molecule has 0 aliphatic carbocycles. The van der Waals surface area contributed by atoms with Crippen molar-refractivity contribution in [2.24, 2.45) is 0 Å². The van der Waals surface area contributed by atoms with E-state index in [-0.39, 0.29) is 13.0 Å². The molecular formula is C10H8Cl2N4O2. The predicted molar refractivity (Wildman–Crippen MR) is 65.5 cm³/mol. The number of halogens is 2. The first-order valence-electron chi connectivity index (χ1n) is 5.02. The van der Waals surface area contributed by atoms with E-state index in [1.165, 1.54) is 4.68 Å². The molecule has 0 saturated heterocycles. The Bertz CT molecular complexity index is 565. The number of aryl methyl sites for hydroxylation is 1. The molecule has 1 heterocycles. The fourth-order valence-corrected chi connectivity index (χ4v) is 2.01. The number of benzene rings is 1. The highest BCUT2D eigenvalue weighted by Gasteiger charge is 2.16. The van der Waals surface area contributed by atoms with Gasteiger partial charge in [-0.3, -0.25) is 4.79 Å². The second-order valence-corrected chi connectivity index (χ2v) is 4.28. The van der Waals surface area contributed by atoms with Gasteiger partial charge in [0, 0.05) is 0 Å². The van der Waals surface area contributed by atoms with Crippen LogP contribution in [0.4, 0.5) is 0 Å². The standard InChI is InChI=1S/C10H8Cl2N4O2/c11-6-2-1-3-7(12)9(6)10-13-14-15-16(10)5-4-8(17)18/h1-3H,4-5H2,(H,17,18). The molecule has 1 N–H and O–H groups in total. The van der Waals surface area contributed by atoms with Crippen molar-refractivity contribution in [3.05, 3.63) is 28.2 Å². The summed E-state index contributed by atoms with van der Waals surface area (Å²) in [5.74, 6) is -0.575. The normalized spacial score (nSPS) is 10.6. The highest BCUT2D eigenvalue weighted by molar-refractivity contribution is 6.38. The van der Waals surface area contributed by atoms with Crippen LogP contribution in [0.25, 0.3) is 11.4 Å². The Balaban J connectivity index is 2.39. The van der Waals surface area contributed by atoms with Crippen molar-refractivity contribution < 1.29 is 9.90 Å². The van der Waals surface area contributed by atoms with Gasteiger partial charge >= 0.3 is 5.97 Å². The van der Waals surface area contributed by atoms with Crippen LogP contribution in [0.15, 0.2) is 18.2 Å². The Morgan fingerprint density at radius 1 is 1.33 bits per heavy atom. The third-order valence-corrected chi connectivity index (χ3v) is 2.89. The molecule has 0 fully saturated rings. The van der Waals surface area contributed by atoms with Crippen molar-refractivity contribution in [1.82, 2.24) is 20.2 Å². The molecule has 94 valence electrons. The molecule has 2 rings (SSSR count). The molecule has 8 heteroatoms. The first-order chi connectivity index (χ1) is 8.59. The van der Waals surface area contributed by atoms with Gasteiger partial charge in [-0.25, -0.2) is 4.68 Å². The van der Waals surface area contributed by atoms with Crippen LogP contribution in [0.3, 0.4) is 0 Å². The van der Waals surface area contributed by atoms with Gasteiger partial charge in [0.1, 0.15) is 0 Å². The van der Waals surface area contributed by atoms with E-state index in [1.807, 2.05) is 0 Å². The molecule has 1 aromatic heterocycles. The number of carboxylic acids is 1. The Kier molecular flexibility index (Phi) is 3.78. The van der Waals surface area contributed by atoms with Crippen molar-refractivity contribution in [1.29, 1.82) is 0 Å². The highest BCUT2D eigenvalue weighted by Crippen LogP contribution is 2.32. The van der Waals surface area contributed by atoms with Crippen LogP contribution in [0.1, 0.15) is 6.42 Å². The van der Waals surface area contributed by atoms with Gasteiger partial charge in [-0.15, -0.1) is 5.10 Å². The highest BCUT2D eigenvalue weighted by atomic mass is 35.5. The first-order valence-corrected chi connectivity index (χ1v) is 5.77. The number of aliphatic carboxylic acids is 1. The van der Waals surface area contributed by atoms with E-state index in [1.54, 1.807) is 18.2 Å². The fraction of sp³-hybridized carbons (Fsp3) is 0.200. The minimum absolute atomic E-state index is 0.0832. The summed E-state index contributed by atoms with van der Waals surface area (Å²) in [6, 6.07) is 5.04. The van der Waals surface area contributed by atoms with E-state index < -0.39 is 5.97 Å². The lowest BCUT2D eigenvalue weighted by Gasteiger charge is -2.06. The Hall–Kier alpha value is -1.66. The van der Waals surface area contributed by atoms with E-state index >= 15 is 0 Å². The first kappa shape index (κ1) is 12.8. The summed E-state index contributed by atoms with van der Waals surface area (Å²) in [7, 11) is 0. The van der Waals surface area contributed by atoms with Gasteiger partial charge in [-0.2, -0.15) is 0 Å². The quantitative estimate of drug-likeness (QED) is 0.931. The van der Waals surface area contributed by atoms with Crippen LogP contribution in [-0.4, -0.2) is 31.3 Å². The Labute approximate surface area is 112 Å². The average Bonchev–Trinajstić information content (AvgIpc) is 2.74. The van der Waals surface area contributed by atoms with Gasteiger partial charge < -0.3 is 5.11 Å². The van der Waals surface area contributed by atoms with Gasteiger partial charge in [0.2, 0.25) is 0 Å². The van der Waals surface area contributed by atoms with Crippen molar-refractivity contribution in [3.63, 3.8) is 0 Å². The molecule has 0 saturated carbocycles. The van der Waals surface area contributed by atoms with Crippen molar-refractivity contribution in [2.75, 3.05) is 0 Å². The zero-order valence-electron chi connectivity index (χ0n) is 9.05. The van der Waals surface area contributed by atoms with Crippen LogP contribution >= 0.6 is 23.2 Å². The SMILES string of the molecule is O=C(O)CCn1nnnc1-c1c(Cl)cccc1Cl. The molecule has 18 heavy (non-hydrogen) atoms. The number of rotatable bonds is 4. The maximum absolute atomic E-state index is 10.5. The molecule has 0 bridgehead atoms. The number of aromatic nitrogens is 4. The molecule has 1 aromatic carbocycles. The predicted octanol–water partition coefficient (Wildman–Crippen LogP) is 2.12. The summed E-state index contributed by atoms with van der Waals surface area (Å²) >= 11 is 12.1. The second-order valence-electron chi connectivity index (χ2n) is 3.47. The Morgan fingerprint density at radius 2 is 2.00 bits per heavy atom.